The Bertz CT molecular complexity index is 402. The first-order valence-corrected chi connectivity index (χ1v) is 5.17. The maximum atomic E-state index is 10.2. The quantitative estimate of drug-likeness (QED) is 0.611. The third-order valence-corrected chi connectivity index (χ3v) is 2.55. The van der Waals surface area contributed by atoms with Crippen molar-refractivity contribution in [3.05, 3.63) is 47.5 Å². The van der Waals surface area contributed by atoms with Gasteiger partial charge in [-0.2, -0.15) is 0 Å². The summed E-state index contributed by atoms with van der Waals surface area (Å²) in [6, 6.07) is 6.88. The fourth-order valence-corrected chi connectivity index (χ4v) is 1.46. The van der Waals surface area contributed by atoms with Crippen molar-refractivity contribution in [2.75, 3.05) is 0 Å². The highest BCUT2D eigenvalue weighted by molar-refractivity contribution is 6.50. The van der Waals surface area contributed by atoms with Crippen molar-refractivity contribution < 1.29 is 9.59 Å². The van der Waals surface area contributed by atoms with Gasteiger partial charge in [0.05, 0.1) is 10.1 Å². The van der Waals surface area contributed by atoms with E-state index in [1.165, 1.54) is 12.2 Å². The van der Waals surface area contributed by atoms with Crippen LogP contribution in [0.2, 0.25) is 0 Å². The SMILES string of the molecule is O=CC=C(Cl)c1ccc(C(Cl)=CC=O)cc1. The molecule has 0 saturated carbocycles. The molecule has 2 nitrogen and oxygen atoms in total. The van der Waals surface area contributed by atoms with E-state index in [-0.39, 0.29) is 0 Å². The van der Waals surface area contributed by atoms with Crippen molar-refractivity contribution in [2.24, 2.45) is 0 Å². The van der Waals surface area contributed by atoms with Crippen molar-refractivity contribution in [2.45, 2.75) is 0 Å². The van der Waals surface area contributed by atoms with Crippen LogP contribution in [0, 0.1) is 0 Å². The fourth-order valence-electron chi connectivity index (χ4n) is 1.10. The first-order chi connectivity index (χ1) is 7.69. The van der Waals surface area contributed by atoms with Gasteiger partial charge in [-0.3, -0.25) is 9.59 Å². The monoisotopic (exact) mass is 254 g/mol. The molecule has 0 radical (unpaired) electrons. The lowest BCUT2D eigenvalue weighted by atomic mass is 10.1. The number of rotatable bonds is 4. The molecule has 0 unspecified atom stereocenters. The predicted octanol–water partition coefficient (Wildman–Crippen LogP) is 3.24. The highest BCUT2D eigenvalue weighted by atomic mass is 35.5. The number of carbonyl (C=O) groups excluding carboxylic acids is 2. The molecule has 0 spiro atoms. The summed E-state index contributed by atoms with van der Waals surface area (Å²) >= 11 is 11.7. The Morgan fingerprint density at radius 1 is 0.812 bits per heavy atom. The second-order valence-electron chi connectivity index (χ2n) is 2.88. The average Bonchev–Trinajstić information content (AvgIpc) is 2.30. The van der Waals surface area contributed by atoms with E-state index in [1.807, 2.05) is 0 Å². The first-order valence-electron chi connectivity index (χ1n) is 4.41. The normalized spacial score (nSPS) is 12.4. The van der Waals surface area contributed by atoms with Gasteiger partial charge in [-0.05, 0) is 23.3 Å². The van der Waals surface area contributed by atoms with Crippen LogP contribution in [0.5, 0.6) is 0 Å². The maximum Gasteiger partial charge on any atom is 0.144 e. The molecule has 0 bridgehead atoms. The topological polar surface area (TPSA) is 34.1 Å². The number of benzene rings is 1. The number of allylic oxidation sites excluding steroid dienone is 2. The van der Waals surface area contributed by atoms with E-state index < -0.39 is 0 Å². The molecular formula is C12H8Cl2O2. The van der Waals surface area contributed by atoms with Crippen molar-refractivity contribution in [3.8, 4) is 0 Å². The molecule has 0 N–H and O–H groups in total. The summed E-state index contributed by atoms with van der Waals surface area (Å²) < 4.78 is 0. The van der Waals surface area contributed by atoms with Gasteiger partial charge < -0.3 is 0 Å². The van der Waals surface area contributed by atoms with E-state index in [4.69, 9.17) is 23.2 Å². The maximum absolute atomic E-state index is 10.2. The lowest BCUT2D eigenvalue weighted by molar-refractivity contribution is -0.104. The summed E-state index contributed by atoms with van der Waals surface area (Å²) in [6.07, 6.45) is 3.77. The Morgan fingerprint density at radius 3 is 1.38 bits per heavy atom. The Balaban J connectivity index is 3.00. The molecule has 1 rings (SSSR count). The van der Waals surface area contributed by atoms with E-state index in [1.54, 1.807) is 24.3 Å². The fraction of sp³-hybridized carbons (Fsp3) is 0. The molecule has 0 saturated heterocycles. The smallest absolute Gasteiger partial charge is 0.144 e. The summed E-state index contributed by atoms with van der Waals surface area (Å²) in [5.41, 5.74) is 1.43. The molecule has 4 heteroatoms. The number of aldehydes is 2. The second kappa shape index (κ2) is 6.26. The molecule has 0 amide bonds. The highest BCUT2D eigenvalue weighted by Crippen LogP contribution is 2.23. The van der Waals surface area contributed by atoms with Gasteiger partial charge in [0, 0.05) is 0 Å². The summed E-state index contributed by atoms with van der Waals surface area (Å²) in [5.74, 6) is 0. The third kappa shape index (κ3) is 3.33. The molecule has 0 fully saturated rings. The Morgan fingerprint density at radius 2 is 1.12 bits per heavy atom. The van der Waals surface area contributed by atoms with Gasteiger partial charge in [-0.15, -0.1) is 0 Å². The molecule has 0 aromatic heterocycles. The predicted molar refractivity (Wildman–Crippen MR) is 66.2 cm³/mol. The standard InChI is InChI=1S/C12H8Cl2O2/c13-11(5-7-15)9-1-2-10(4-3-9)12(14)6-8-16/h1-8H. The van der Waals surface area contributed by atoms with Crippen LogP contribution in [0.25, 0.3) is 10.1 Å². The molecule has 1 aromatic carbocycles. The van der Waals surface area contributed by atoms with Gasteiger partial charge in [0.15, 0.2) is 0 Å². The van der Waals surface area contributed by atoms with E-state index in [2.05, 4.69) is 0 Å². The lowest BCUT2D eigenvalue weighted by Crippen LogP contribution is -1.81. The molecule has 16 heavy (non-hydrogen) atoms. The van der Waals surface area contributed by atoms with Crippen LogP contribution < -0.4 is 0 Å². The average molecular weight is 255 g/mol. The van der Waals surface area contributed by atoms with Gasteiger partial charge >= 0.3 is 0 Å². The van der Waals surface area contributed by atoms with Crippen LogP contribution in [0.4, 0.5) is 0 Å². The highest BCUT2D eigenvalue weighted by Gasteiger charge is 2.00. The van der Waals surface area contributed by atoms with E-state index in [0.29, 0.717) is 33.8 Å². The van der Waals surface area contributed by atoms with Crippen LogP contribution in [-0.4, -0.2) is 12.6 Å². The molecule has 82 valence electrons. The molecule has 0 aliphatic carbocycles. The number of hydrogen-bond donors (Lipinski definition) is 0. The Hall–Kier alpha value is -1.38. The van der Waals surface area contributed by atoms with Crippen molar-refractivity contribution in [1.82, 2.24) is 0 Å². The van der Waals surface area contributed by atoms with Crippen molar-refractivity contribution in [1.29, 1.82) is 0 Å². The molecule has 0 aliphatic rings. The zero-order valence-corrected chi connectivity index (χ0v) is 9.70. The molecule has 1 aromatic rings. The minimum atomic E-state index is 0.358. The van der Waals surface area contributed by atoms with Gasteiger partial charge in [0.1, 0.15) is 12.6 Å². The van der Waals surface area contributed by atoms with Gasteiger partial charge in [0.25, 0.3) is 0 Å². The van der Waals surface area contributed by atoms with E-state index in [9.17, 15) is 9.59 Å². The summed E-state index contributed by atoms with van der Waals surface area (Å²) in [4.78, 5) is 20.4. The van der Waals surface area contributed by atoms with Crippen molar-refractivity contribution in [3.63, 3.8) is 0 Å². The van der Waals surface area contributed by atoms with Gasteiger partial charge in [0.2, 0.25) is 0 Å². The van der Waals surface area contributed by atoms with Crippen LogP contribution in [-0.2, 0) is 9.59 Å². The van der Waals surface area contributed by atoms with Crippen LogP contribution in [0.3, 0.4) is 0 Å². The summed E-state index contributed by atoms with van der Waals surface area (Å²) in [7, 11) is 0. The summed E-state index contributed by atoms with van der Waals surface area (Å²) in [5, 5.41) is 0.717. The Labute approximate surface area is 103 Å². The minimum Gasteiger partial charge on any atom is -0.299 e. The van der Waals surface area contributed by atoms with Gasteiger partial charge in [-0.1, -0.05) is 47.5 Å². The number of hydrogen-bond acceptors (Lipinski definition) is 2. The third-order valence-electron chi connectivity index (χ3n) is 1.87. The van der Waals surface area contributed by atoms with E-state index in [0.717, 1.165) is 0 Å². The molecular weight excluding hydrogens is 247 g/mol. The minimum absolute atomic E-state index is 0.358. The Kier molecular flexibility index (Phi) is 4.96. The molecule has 0 atom stereocenters. The largest absolute Gasteiger partial charge is 0.299 e. The van der Waals surface area contributed by atoms with E-state index >= 15 is 0 Å². The van der Waals surface area contributed by atoms with Crippen LogP contribution >= 0.6 is 23.2 Å². The zero-order chi connectivity index (χ0) is 12.0. The van der Waals surface area contributed by atoms with Crippen molar-refractivity contribution >= 4 is 45.8 Å². The van der Waals surface area contributed by atoms with Crippen LogP contribution in [0.15, 0.2) is 36.4 Å². The van der Waals surface area contributed by atoms with Gasteiger partial charge in [-0.25, -0.2) is 0 Å². The molecule has 0 heterocycles. The summed E-state index contributed by atoms with van der Waals surface area (Å²) in [6.45, 7) is 0. The molecule has 0 aliphatic heterocycles. The van der Waals surface area contributed by atoms with Crippen LogP contribution in [0.1, 0.15) is 11.1 Å². The number of halogens is 2. The zero-order valence-electron chi connectivity index (χ0n) is 8.19. The second-order valence-corrected chi connectivity index (χ2v) is 3.69. The number of carbonyl (C=O) groups is 2. The lowest BCUT2D eigenvalue weighted by Gasteiger charge is -2.01. The first kappa shape index (κ1) is 12.7.